The third-order valence-corrected chi connectivity index (χ3v) is 9.88. The van der Waals surface area contributed by atoms with Gasteiger partial charge in [0.05, 0.1) is 30.6 Å². The van der Waals surface area contributed by atoms with E-state index in [4.69, 9.17) is 4.74 Å². The van der Waals surface area contributed by atoms with Crippen molar-refractivity contribution in [3.05, 3.63) is 84.5 Å². The van der Waals surface area contributed by atoms with Gasteiger partial charge in [0.15, 0.2) is 0 Å². The highest BCUT2D eigenvalue weighted by Gasteiger charge is 2.72. The molecule has 4 heterocycles. The van der Waals surface area contributed by atoms with Crippen molar-refractivity contribution >= 4 is 29.1 Å². The molecule has 9 heteroatoms. The minimum absolute atomic E-state index is 0.125. The van der Waals surface area contributed by atoms with E-state index in [1.165, 1.54) is 0 Å². The van der Waals surface area contributed by atoms with Crippen molar-refractivity contribution in [3.63, 3.8) is 0 Å². The second-order valence-corrected chi connectivity index (χ2v) is 12.4. The SMILES string of the molecule is CCCN1CC=C[C@@H]2O[C@]34C=CCN(c5ccc(N(CC)CC)cc5)C(=O)C3N([C@@H](CO)Cc3ccccc3)C(=O)[C@@H]4[C@@H]2C1=O. The van der Waals surface area contributed by atoms with Gasteiger partial charge >= 0.3 is 0 Å². The number of fused-ring (bicyclic) bond motifs is 2. The molecule has 1 N–H and O–H groups in total. The zero-order chi connectivity index (χ0) is 31.7. The Morgan fingerprint density at radius 3 is 2.33 bits per heavy atom. The Bertz CT molecular complexity index is 1460. The lowest BCUT2D eigenvalue weighted by molar-refractivity contribution is -0.146. The summed E-state index contributed by atoms with van der Waals surface area (Å²) in [7, 11) is 0. The molecule has 1 unspecified atom stereocenters. The fraction of sp³-hybridized carbons (Fsp3) is 0.472. The molecule has 0 saturated carbocycles. The number of rotatable bonds is 10. The van der Waals surface area contributed by atoms with Crippen molar-refractivity contribution in [2.24, 2.45) is 11.8 Å². The lowest BCUT2D eigenvalue weighted by atomic mass is 9.77. The molecule has 6 rings (SSSR count). The average Bonchev–Trinajstić information content (AvgIpc) is 3.38. The first kappa shape index (κ1) is 31.0. The summed E-state index contributed by atoms with van der Waals surface area (Å²) in [6.45, 7) is 8.98. The molecule has 0 aromatic heterocycles. The van der Waals surface area contributed by atoms with E-state index >= 15 is 0 Å². The summed E-state index contributed by atoms with van der Waals surface area (Å²) >= 11 is 0. The molecule has 6 atom stereocenters. The lowest BCUT2D eigenvalue weighted by Gasteiger charge is -2.38. The first-order valence-electron chi connectivity index (χ1n) is 16.3. The largest absolute Gasteiger partial charge is 0.394 e. The smallest absolute Gasteiger partial charge is 0.253 e. The van der Waals surface area contributed by atoms with Gasteiger partial charge in [-0.25, -0.2) is 0 Å². The second kappa shape index (κ2) is 12.8. The summed E-state index contributed by atoms with van der Waals surface area (Å²) in [4.78, 5) is 50.9. The van der Waals surface area contributed by atoms with Crippen LogP contribution in [0.2, 0.25) is 0 Å². The first-order chi connectivity index (χ1) is 21.9. The molecule has 0 bridgehead atoms. The number of likely N-dealkylation sites (tertiary alicyclic amines) is 1. The second-order valence-electron chi connectivity index (χ2n) is 12.4. The first-order valence-corrected chi connectivity index (χ1v) is 16.3. The highest BCUT2D eigenvalue weighted by Crippen LogP contribution is 2.54. The molecule has 9 nitrogen and oxygen atoms in total. The number of amides is 3. The van der Waals surface area contributed by atoms with Crippen molar-refractivity contribution in [2.45, 2.75) is 57.4 Å². The summed E-state index contributed by atoms with van der Waals surface area (Å²) in [6.07, 6.45) is 8.11. The highest BCUT2D eigenvalue weighted by atomic mass is 16.5. The number of aliphatic hydroxyl groups excluding tert-OH is 1. The maximum Gasteiger partial charge on any atom is 0.253 e. The van der Waals surface area contributed by atoms with Crippen LogP contribution >= 0.6 is 0 Å². The molecular weight excluding hydrogens is 568 g/mol. The zero-order valence-corrected chi connectivity index (χ0v) is 26.4. The fourth-order valence-corrected chi connectivity index (χ4v) is 7.79. The Hall–Kier alpha value is -3.95. The van der Waals surface area contributed by atoms with Gasteiger partial charge in [-0.15, -0.1) is 0 Å². The van der Waals surface area contributed by atoms with Crippen LogP contribution in [-0.2, 0) is 25.5 Å². The Kier molecular flexibility index (Phi) is 8.84. The predicted octanol–water partition coefficient (Wildman–Crippen LogP) is 3.43. The number of carbonyl (C=O) groups is 3. The molecule has 3 amide bonds. The van der Waals surface area contributed by atoms with Gasteiger partial charge in [-0.3, -0.25) is 14.4 Å². The van der Waals surface area contributed by atoms with Gasteiger partial charge in [-0.05, 0) is 56.5 Å². The van der Waals surface area contributed by atoms with Crippen molar-refractivity contribution in [2.75, 3.05) is 49.1 Å². The molecule has 0 aliphatic carbocycles. The molecule has 45 heavy (non-hydrogen) atoms. The van der Waals surface area contributed by atoms with E-state index < -0.39 is 35.6 Å². The van der Waals surface area contributed by atoms with Crippen LogP contribution < -0.4 is 9.80 Å². The molecule has 2 aromatic carbocycles. The minimum atomic E-state index is -1.35. The maximum absolute atomic E-state index is 14.9. The lowest BCUT2D eigenvalue weighted by Crippen LogP contribution is -2.58. The summed E-state index contributed by atoms with van der Waals surface area (Å²) in [5, 5.41) is 10.8. The number of aliphatic hydroxyl groups is 1. The third-order valence-electron chi connectivity index (χ3n) is 9.88. The van der Waals surface area contributed by atoms with Gasteiger partial charge in [0, 0.05) is 44.1 Å². The molecule has 2 fully saturated rings. The number of hydrogen-bond acceptors (Lipinski definition) is 6. The van der Waals surface area contributed by atoms with E-state index in [9.17, 15) is 19.5 Å². The van der Waals surface area contributed by atoms with Crippen molar-refractivity contribution in [3.8, 4) is 0 Å². The Morgan fingerprint density at radius 1 is 0.933 bits per heavy atom. The van der Waals surface area contributed by atoms with Gasteiger partial charge in [0.1, 0.15) is 11.6 Å². The monoisotopic (exact) mass is 612 g/mol. The number of nitrogens with zero attached hydrogens (tertiary/aromatic N) is 4. The number of carbonyl (C=O) groups excluding carboxylic acids is 3. The number of benzene rings is 2. The molecule has 4 aliphatic heterocycles. The van der Waals surface area contributed by atoms with Crippen LogP contribution in [0.15, 0.2) is 78.9 Å². The van der Waals surface area contributed by atoms with Gasteiger partial charge in [0.25, 0.3) is 5.91 Å². The minimum Gasteiger partial charge on any atom is -0.394 e. The van der Waals surface area contributed by atoms with Crippen molar-refractivity contribution in [1.82, 2.24) is 9.80 Å². The van der Waals surface area contributed by atoms with Crippen LogP contribution in [0.25, 0.3) is 0 Å². The van der Waals surface area contributed by atoms with Crippen LogP contribution in [-0.4, -0.2) is 95.7 Å². The molecule has 2 saturated heterocycles. The Morgan fingerprint density at radius 2 is 1.67 bits per heavy atom. The van der Waals surface area contributed by atoms with E-state index in [2.05, 4.69) is 18.7 Å². The van der Waals surface area contributed by atoms with Crippen LogP contribution in [0, 0.1) is 11.8 Å². The van der Waals surface area contributed by atoms with E-state index in [0.717, 1.165) is 36.4 Å². The normalized spacial score (nSPS) is 28.1. The number of anilines is 2. The average molecular weight is 613 g/mol. The van der Waals surface area contributed by atoms with Crippen LogP contribution in [0.4, 0.5) is 11.4 Å². The fourth-order valence-electron chi connectivity index (χ4n) is 7.79. The highest BCUT2D eigenvalue weighted by molar-refractivity contribution is 6.06. The topological polar surface area (TPSA) is 93.6 Å². The van der Waals surface area contributed by atoms with Crippen LogP contribution in [0.5, 0.6) is 0 Å². The quantitative estimate of drug-likeness (QED) is 0.414. The molecule has 0 radical (unpaired) electrons. The number of ether oxygens (including phenoxy) is 1. The van der Waals surface area contributed by atoms with E-state index in [0.29, 0.717) is 26.1 Å². The molecule has 4 aliphatic rings. The predicted molar refractivity (Wildman–Crippen MR) is 174 cm³/mol. The summed E-state index contributed by atoms with van der Waals surface area (Å²) in [5.74, 6) is -2.38. The van der Waals surface area contributed by atoms with Crippen LogP contribution in [0.3, 0.4) is 0 Å². The Labute approximate surface area is 265 Å². The molecule has 238 valence electrons. The third kappa shape index (κ3) is 5.25. The molecule has 1 spiro atoms. The van der Waals surface area contributed by atoms with Crippen molar-refractivity contribution in [1.29, 1.82) is 0 Å². The van der Waals surface area contributed by atoms with Crippen molar-refractivity contribution < 1.29 is 24.2 Å². The van der Waals surface area contributed by atoms with Crippen LogP contribution in [0.1, 0.15) is 32.8 Å². The van der Waals surface area contributed by atoms with Gasteiger partial charge < -0.3 is 29.4 Å². The summed E-state index contributed by atoms with van der Waals surface area (Å²) in [6, 6.07) is 15.8. The zero-order valence-electron chi connectivity index (χ0n) is 26.4. The maximum atomic E-state index is 14.9. The van der Waals surface area contributed by atoms with Gasteiger partial charge in [0.2, 0.25) is 11.8 Å². The Balaban J connectivity index is 1.43. The summed E-state index contributed by atoms with van der Waals surface area (Å²) < 4.78 is 6.80. The molecule has 2 aromatic rings. The van der Waals surface area contributed by atoms with E-state index in [-0.39, 0.29) is 24.3 Å². The standard InChI is InChI=1S/C36H44N4O5/c1-4-20-38-21-10-14-29-30(33(38)42)31-34(43)40(28(24-41)23-25-12-8-7-9-13-25)32-35(44)39(22-11-19-36(31,32)45-29)27-17-15-26(16-18-27)37(5-2)6-3/h7-19,28-32,41H,4-6,20-24H2,1-3H3/t28-,29+,30-,31+,32?,36+/m1/s1. The molecular formula is C36H44N4O5. The van der Waals surface area contributed by atoms with E-state index in [1.54, 1.807) is 14.7 Å². The number of hydrogen-bond donors (Lipinski definition) is 1. The van der Waals surface area contributed by atoms with Gasteiger partial charge in [-0.2, -0.15) is 0 Å². The van der Waals surface area contributed by atoms with Gasteiger partial charge in [-0.1, -0.05) is 61.6 Å². The summed E-state index contributed by atoms with van der Waals surface area (Å²) in [5.41, 5.74) is 1.38. The van der Waals surface area contributed by atoms with E-state index in [1.807, 2.05) is 85.8 Å².